The number of anilines is 1. The molecule has 0 atom stereocenters. The second kappa shape index (κ2) is 6.59. The predicted molar refractivity (Wildman–Crippen MR) is 85.1 cm³/mol. The average Bonchev–Trinajstić information content (AvgIpc) is 2.96. The Hall–Kier alpha value is -1.38. The predicted octanol–water partition coefficient (Wildman–Crippen LogP) is 2.09. The topological polar surface area (TPSA) is 76.0 Å². The van der Waals surface area contributed by atoms with Crippen LogP contribution in [0.3, 0.4) is 0 Å². The molecule has 0 aromatic carbocycles. The van der Waals surface area contributed by atoms with Gasteiger partial charge in [0.05, 0.1) is 11.9 Å². The van der Waals surface area contributed by atoms with Gasteiger partial charge in [0, 0.05) is 24.7 Å². The van der Waals surface area contributed by atoms with Crippen molar-refractivity contribution < 1.29 is 8.42 Å². The summed E-state index contributed by atoms with van der Waals surface area (Å²) in [5.74, 6) is 0. The number of aryl methyl sites for hydroxylation is 2. The minimum absolute atomic E-state index is 0.375. The van der Waals surface area contributed by atoms with Gasteiger partial charge in [0.2, 0.25) is 0 Å². The zero-order valence-corrected chi connectivity index (χ0v) is 14.0. The van der Waals surface area contributed by atoms with E-state index < -0.39 is 10.0 Å². The lowest BCUT2D eigenvalue weighted by atomic mass is 10.3. The Kier molecular flexibility index (Phi) is 5.02. The Morgan fingerprint density at radius 1 is 1.43 bits per heavy atom. The maximum Gasteiger partial charge on any atom is 0.263 e. The van der Waals surface area contributed by atoms with Gasteiger partial charge in [-0.1, -0.05) is 6.92 Å². The summed E-state index contributed by atoms with van der Waals surface area (Å²) in [5, 5.41) is 9.09. The first-order valence-corrected chi connectivity index (χ1v) is 9.09. The third-order valence-corrected chi connectivity index (χ3v) is 5.77. The van der Waals surface area contributed by atoms with Gasteiger partial charge in [-0.3, -0.25) is 9.40 Å². The second-order valence-corrected chi connectivity index (χ2v) is 7.44. The van der Waals surface area contributed by atoms with E-state index in [4.69, 9.17) is 0 Å². The van der Waals surface area contributed by atoms with Crippen molar-refractivity contribution in [1.82, 2.24) is 15.1 Å². The van der Waals surface area contributed by atoms with Crippen LogP contribution in [0.2, 0.25) is 0 Å². The van der Waals surface area contributed by atoms with Crippen molar-refractivity contribution in [3.05, 3.63) is 28.2 Å². The number of hydrogen-bond donors (Lipinski definition) is 2. The Labute approximate surface area is 129 Å². The van der Waals surface area contributed by atoms with E-state index in [1.807, 2.05) is 12.3 Å². The highest BCUT2D eigenvalue weighted by molar-refractivity contribution is 7.93. The third-order valence-electron chi connectivity index (χ3n) is 2.93. The van der Waals surface area contributed by atoms with Crippen molar-refractivity contribution in [3.63, 3.8) is 0 Å². The minimum atomic E-state index is -3.59. The molecule has 21 heavy (non-hydrogen) atoms. The number of sulfonamides is 1. The van der Waals surface area contributed by atoms with E-state index in [-0.39, 0.29) is 0 Å². The smallest absolute Gasteiger partial charge is 0.263 e. The van der Waals surface area contributed by atoms with Crippen LogP contribution >= 0.6 is 11.3 Å². The largest absolute Gasteiger partial charge is 0.312 e. The van der Waals surface area contributed by atoms with E-state index in [2.05, 4.69) is 22.1 Å². The monoisotopic (exact) mass is 328 g/mol. The lowest BCUT2D eigenvalue weighted by Gasteiger charge is -2.09. The van der Waals surface area contributed by atoms with Crippen LogP contribution in [0.5, 0.6) is 0 Å². The first-order valence-electron chi connectivity index (χ1n) is 6.73. The van der Waals surface area contributed by atoms with E-state index in [0.29, 0.717) is 17.1 Å². The van der Waals surface area contributed by atoms with Gasteiger partial charge in [0.1, 0.15) is 4.90 Å². The molecule has 2 heterocycles. The molecule has 2 rings (SSSR count). The Balaban J connectivity index is 2.24. The van der Waals surface area contributed by atoms with Crippen molar-refractivity contribution in [2.75, 3.05) is 11.3 Å². The molecule has 8 heteroatoms. The highest BCUT2D eigenvalue weighted by Crippen LogP contribution is 2.28. The van der Waals surface area contributed by atoms with Crippen LogP contribution in [-0.2, 0) is 23.6 Å². The van der Waals surface area contributed by atoms with Gasteiger partial charge in [-0.15, -0.1) is 11.3 Å². The number of aromatic nitrogens is 2. The molecule has 0 aliphatic rings. The summed E-state index contributed by atoms with van der Waals surface area (Å²) >= 11 is 1.47. The third kappa shape index (κ3) is 3.84. The molecule has 2 aromatic rings. The molecule has 0 radical (unpaired) electrons. The van der Waals surface area contributed by atoms with Gasteiger partial charge in [0.25, 0.3) is 10.0 Å². The Morgan fingerprint density at radius 2 is 2.19 bits per heavy atom. The zero-order valence-electron chi connectivity index (χ0n) is 12.4. The molecule has 0 aliphatic carbocycles. The SMILES string of the molecule is CCCNCc1scc(C)c1S(=O)(=O)Nc1cnn(C)c1. The molecule has 0 bridgehead atoms. The average molecular weight is 328 g/mol. The maximum absolute atomic E-state index is 12.6. The summed E-state index contributed by atoms with van der Waals surface area (Å²) < 4.78 is 29.3. The first-order chi connectivity index (χ1) is 9.94. The highest BCUT2D eigenvalue weighted by Gasteiger charge is 2.23. The lowest BCUT2D eigenvalue weighted by molar-refractivity contribution is 0.598. The molecule has 2 aromatic heterocycles. The second-order valence-electron chi connectivity index (χ2n) is 4.86. The van der Waals surface area contributed by atoms with Crippen LogP contribution in [0.15, 0.2) is 22.7 Å². The van der Waals surface area contributed by atoms with Crippen molar-refractivity contribution in [1.29, 1.82) is 0 Å². The van der Waals surface area contributed by atoms with Crippen molar-refractivity contribution in [2.45, 2.75) is 31.7 Å². The van der Waals surface area contributed by atoms with Crippen LogP contribution in [0, 0.1) is 6.92 Å². The molecule has 116 valence electrons. The number of hydrogen-bond acceptors (Lipinski definition) is 5. The van der Waals surface area contributed by atoms with Crippen LogP contribution in [0.25, 0.3) is 0 Å². The summed E-state index contributed by atoms with van der Waals surface area (Å²) in [6.07, 6.45) is 4.14. The van der Waals surface area contributed by atoms with E-state index in [9.17, 15) is 8.42 Å². The Bertz CT molecular complexity index is 704. The maximum atomic E-state index is 12.6. The quantitative estimate of drug-likeness (QED) is 0.763. The molecule has 0 fully saturated rings. The fraction of sp³-hybridized carbons (Fsp3) is 0.462. The van der Waals surface area contributed by atoms with E-state index in [1.54, 1.807) is 17.9 Å². The molecule has 0 aliphatic heterocycles. The number of rotatable bonds is 7. The molecular weight excluding hydrogens is 308 g/mol. The van der Waals surface area contributed by atoms with E-state index in [1.165, 1.54) is 17.5 Å². The van der Waals surface area contributed by atoms with Crippen molar-refractivity contribution in [2.24, 2.45) is 7.05 Å². The van der Waals surface area contributed by atoms with Gasteiger partial charge >= 0.3 is 0 Å². The summed E-state index contributed by atoms with van der Waals surface area (Å²) in [7, 11) is -1.84. The number of thiophene rings is 1. The standard InChI is InChI=1S/C13H20N4O2S2/c1-4-5-14-7-12-13(10(2)9-20-12)21(18,19)16-11-6-15-17(3)8-11/h6,8-9,14,16H,4-5,7H2,1-3H3. The molecular formula is C13H20N4O2S2. The normalized spacial score (nSPS) is 11.8. The van der Waals surface area contributed by atoms with Crippen molar-refractivity contribution >= 4 is 27.0 Å². The molecule has 2 N–H and O–H groups in total. The highest BCUT2D eigenvalue weighted by atomic mass is 32.2. The van der Waals surface area contributed by atoms with E-state index in [0.717, 1.165) is 23.4 Å². The summed E-state index contributed by atoms with van der Waals surface area (Å²) in [4.78, 5) is 1.21. The number of nitrogens with zero attached hydrogens (tertiary/aromatic N) is 2. The van der Waals surface area contributed by atoms with Crippen LogP contribution < -0.4 is 10.0 Å². The van der Waals surface area contributed by atoms with Crippen molar-refractivity contribution in [3.8, 4) is 0 Å². The van der Waals surface area contributed by atoms with Crippen LogP contribution in [-0.4, -0.2) is 24.7 Å². The molecule has 0 saturated carbocycles. The van der Waals surface area contributed by atoms with Gasteiger partial charge in [-0.2, -0.15) is 5.10 Å². The van der Waals surface area contributed by atoms with Gasteiger partial charge in [0.15, 0.2) is 0 Å². The summed E-state index contributed by atoms with van der Waals surface area (Å²) in [6.45, 7) is 5.33. The summed E-state index contributed by atoms with van der Waals surface area (Å²) in [6, 6.07) is 0. The van der Waals surface area contributed by atoms with Gasteiger partial charge in [-0.25, -0.2) is 8.42 Å². The zero-order chi connectivity index (χ0) is 15.5. The van der Waals surface area contributed by atoms with Gasteiger partial charge < -0.3 is 5.32 Å². The summed E-state index contributed by atoms with van der Waals surface area (Å²) in [5.41, 5.74) is 1.24. The molecule has 6 nitrogen and oxygen atoms in total. The molecule has 0 amide bonds. The lowest BCUT2D eigenvalue weighted by Crippen LogP contribution is -2.18. The molecule has 0 unspecified atom stereocenters. The molecule has 0 saturated heterocycles. The number of nitrogens with one attached hydrogen (secondary N) is 2. The Morgan fingerprint density at radius 3 is 2.81 bits per heavy atom. The fourth-order valence-electron chi connectivity index (χ4n) is 2.03. The van der Waals surface area contributed by atoms with Gasteiger partial charge in [-0.05, 0) is 30.8 Å². The first kappa shape index (κ1) is 16.0. The van der Waals surface area contributed by atoms with E-state index >= 15 is 0 Å². The van der Waals surface area contributed by atoms with Crippen LogP contribution in [0.1, 0.15) is 23.8 Å². The fourth-order valence-corrected chi connectivity index (χ4v) is 4.84. The van der Waals surface area contributed by atoms with Crippen LogP contribution in [0.4, 0.5) is 5.69 Å². The molecule has 0 spiro atoms. The minimum Gasteiger partial charge on any atom is -0.312 e.